The summed E-state index contributed by atoms with van der Waals surface area (Å²) in [4.78, 5) is 15.3. The van der Waals surface area contributed by atoms with Gasteiger partial charge in [-0.05, 0) is 65.6 Å². The van der Waals surface area contributed by atoms with Crippen molar-refractivity contribution in [1.82, 2.24) is 10.3 Å². The van der Waals surface area contributed by atoms with Crippen LogP contribution in [0.5, 0.6) is 11.5 Å². The first-order valence-electron chi connectivity index (χ1n) is 11.1. The molecule has 0 saturated heterocycles. The number of ether oxygens (including phenoxy) is 1. The van der Waals surface area contributed by atoms with Gasteiger partial charge in [0.2, 0.25) is 0 Å². The molecule has 180 valence electrons. The number of hydrogen-bond acceptors (Lipinski definition) is 7. The van der Waals surface area contributed by atoms with Crippen LogP contribution >= 0.6 is 11.6 Å². The average Bonchev–Trinajstić information content (AvgIpc) is 2.87. The standard InChI is InChI=1S/C27H25ClN2O5.Na/c28-20-3-1-2-18(13-20)25(32)15-30-21(16-31)12-17-4-7-22(8-5-17)35-26-10-11-29-24-14-19(27(33)34)6-9-23(24)26;/h1-11,13-14,21,25,30-32H,12,15-16H2,(H,33,34);/q;+1/p-1/t21-,25+;/m0./s1. The Bertz CT molecular complexity index is 1320. The molecule has 4 rings (SSSR count). The number of aliphatic hydroxyl groups excluding tert-OH is 2. The molecule has 1 aromatic heterocycles. The largest absolute Gasteiger partial charge is 1.00 e. The normalized spacial score (nSPS) is 12.5. The van der Waals surface area contributed by atoms with Crippen LogP contribution in [0.25, 0.3) is 10.9 Å². The first-order valence-corrected chi connectivity index (χ1v) is 11.5. The van der Waals surface area contributed by atoms with Crippen LogP contribution in [0.15, 0.2) is 79.0 Å². The molecule has 3 N–H and O–H groups in total. The van der Waals surface area contributed by atoms with Crippen LogP contribution < -0.4 is 44.7 Å². The fraction of sp³-hybridized carbons (Fsp3) is 0.185. The SMILES string of the molecule is O=C([O-])c1ccc2c(Oc3ccc(C[C@@H](CO)NC[C@@H](O)c4cccc(Cl)c4)cc3)ccnc2c1.[Na+]. The van der Waals surface area contributed by atoms with Crippen LogP contribution in [0.4, 0.5) is 0 Å². The predicted octanol–water partition coefficient (Wildman–Crippen LogP) is 0.275. The number of aliphatic hydroxyl groups is 2. The molecular formula is C27H24ClN2NaO5. The van der Waals surface area contributed by atoms with Gasteiger partial charge in [-0.1, -0.05) is 41.9 Å². The number of aromatic nitrogens is 1. The van der Waals surface area contributed by atoms with Gasteiger partial charge in [0.15, 0.2) is 0 Å². The molecule has 0 bridgehead atoms. The van der Waals surface area contributed by atoms with Gasteiger partial charge in [0, 0.05) is 29.2 Å². The Morgan fingerprint density at radius 3 is 2.56 bits per heavy atom. The van der Waals surface area contributed by atoms with Gasteiger partial charge in [0.1, 0.15) is 11.5 Å². The first-order chi connectivity index (χ1) is 16.9. The molecule has 0 aliphatic carbocycles. The third kappa shape index (κ3) is 7.27. The van der Waals surface area contributed by atoms with E-state index in [2.05, 4.69) is 10.3 Å². The number of carbonyl (C=O) groups is 1. The van der Waals surface area contributed by atoms with E-state index in [1.165, 1.54) is 12.1 Å². The van der Waals surface area contributed by atoms with Crippen LogP contribution in [0.3, 0.4) is 0 Å². The Hall–Kier alpha value is -2.49. The van der Waals surface area contributed by atoms with E-state index in [1.807, 2.05) is 24.3 Å². The Morgan fingerprint density at radius 2 is 1.86 bits per heavy atom. The summed E-state index contributed by atoms with van der Waals surface area (Å²) >= 11 is 5.99. The van der Waals surface area contributed by atoms with Crippen molar-refractivity contribution in [3.63, 3.8) is 0 Å². The van der Waals surface area contributed by atoms with Crippen LogP contribution in [-0.2, 0) is 6.42 Å². The average molecular weight is 515 g/mol. The minimum Gasteiger partial charge on any atom is -0.545 e. The van der Waals surface area contributed by atoms with E-state index in [9.17, 15) is 20.1 Å². The van der Waals surface area contributed by atoms with Crippen LogP contribution in [0.1, 0.15) is 27.6 Å². The molecule has 1 heterocycles. The maximum Gasteiger partial charge on any atom is 1.00 e. The quantitative estimate of drug-likeness (QED) is 0.260. The van der Waals surface area contributed by atoms with Gasteiger partial charge >= 0.3 is 29.6 Å². The van der Waals surface area contributed by atoms with Crippen molar-refractivity contribution in [1.29, 1.82) is 0 Å². The van der Waals surface area contributed by atoms with E-state index < -0.39 is 12.1 Å². The number of nitrogens with zero attached hydrogens (tertiary/aromatic N) is 1. The number of rotatable bonds is 10. The van der Waals surface area contributed by atoms with Crippen molar-refractivity contribution in [3.8, 4) is 11.5 Å². The van der Waals surface area contributed by atoms with Crippen molar-refractivity contribution >= 4 is 28.5 Å². The summed E-state index contributed by atoms with van der Waals surface area (Å²) in [6.45, 7) is 0.193. The van der Waals surface area contributed by atoms with Crippen molar-refractivity contribution in [3.05, 3.63) is 101 Å². The summed E-state index contributed by atoms with van der Waals surface area (Å²) in [5.41, 5.74) is 2.25. The Balaban J connectivity index is 0.00000361. The number of hydrogen-bond donors (Lipinski definition) is 3. The zero-order valence-electron chi connectivity index (χ0n) is 19.7. The molecule has 36 heavy (non-hydrogen) atoms. The molecule has 0 aliphatic heterocycles. The Labute approximate surface area is 236 Å². The molecule has 2 atom stereocenters. The molecular weight excluding hydrogens is 491 g/mol. The van der Waals surface area contributed by atoms with Gasteiger partial charge in [-0.15, -0.1) is 0 Å². The van der Waals surface area contributed by atoms with E-state index in [-0.39, 0.29) is 54.3 Å². The number of carboxylic acids is 1. The van der Waals surface area contributed by atoms with Crippen LogP contribution in [-0.4, -0.2) is 40.4 Å². The molecule has 0 radical (unpaired) electrons. The maximum atomic E-state index is 11.1. The third-order valence-electron chi connectivity index (χ3n) is 5.63. The number of fused-ring (bicyclic) bond motifs is 1. The second kappa shape index (κ2) is 13.2. The van der Waals surface area contributed by atoms with Crippen molar-refractivity contribution in [2.45, 2.75) is 18.6 Å². The number of benzene rings is 3. The molecule has 0 unspecified atom stereocenters. The molecule has 0 amide bonds. The Morgan fingerprint density at radius 1 is 1.08 bits per heavy atom. The zero-order chi connectivity index (χ0) is 24.8. The van der Waals surface area contributed by atoms with Gasteiger partial charge in [-0.3, -0.25) is 4.98 Å². The number of carboxylic acid groups (broad SMARTS) is 1. The predicted molar refractivity (Wildman–Crippen MR) is 132 cm³/mol. The Kier molecular flexibility index (Phi) is 10.3. The van der Waals surface area contributed by atoms with E-state index in [4.69, 9.17) is 16.3 Å². The minimum atomic E-state index is -1.26. The maximum absolute atomic E-state index is 11.1. The van der Waals surface area contributed by atoms with Crippen LogP contribution in [0.2, 0.25) is 5.02 Å². The second-order valence-electron chi connectivity index (χ2n) is 8.14. The summed E-state index contributed by atoms with van der Waals surface area (Å²) in [5, 5.41) is 35.7. The molecule has 0 fully saturated rings. The van der Waals surface area contributed by atoms with Crippen molar-refractivity contribution in [2.24, 2.45) is 0 Å². The number of aromatic carboxylic acids is 1. The molecule has 9 heteroatoms. The zero-order valence-corrected chi connectivity index (χ0v) is 22.5. The van der Waals surface area contributed by atoms with E-state index in [0.717, 1.165) is 5.56 Å². The number of nitrogens with one attached hydrogen (secondary N) is 1. The summed E-state index contributed by atoms with van der Waals surface area (Å²) in [6, 6.07) is 20.6. The van der Waals surface area contributed by atoms with E-state index >= 15 is 0 Å². The van der Waals surface area contributed by atoms with Crippen molar-refractivity contribution < 1.29 is 54.4 Å². The molecule has 0 saturated carbocycles. The van der Waals surface area contributed by atoms with Gasteiger partial charge in [-0.25, -0.2) is 0 Å². The summed E-state index contributed by atoms with van der Waals surface area (Å²) < 4.78 is 6.00. The van der Waals surface area contributed by atoms with E-state index in [1.54, 1.807) is 42.6 Å². The van der Waals surface area contributed by atoms with E-state index in [0.29, 0.717) is 39.4 Å². The molecule has 0 spiro atoms. The minimum absolute atomic E-state index is 0. The van der Waals surface area contributed by atoms with Gasteiger partial charge in [0.05, 0.1) is 24.2 Å². The van der Waals surface area contributed by atoms with Crippen molar-refractivity contribution in [2.75, 3.05) is 13.2 Å². The molecule has 3 aromatic carbocycles. The third-order valence-corrected chi connectivity index (χ3v) is 5.86. The smallest absolute Gasteiger partial charge is 0.545 e. The van der Waals surface area contributed by atoms with Gasteiger partial charge in [0.25, 0.3) is 0 Å². The van der Waals surface area contributed by atoms with Gasteiger partial charge < -0.3 is 30.2 Å². The molecule has 7 nitrogen and oxygen atoms in total. The summed E-state index contributed by atoms with van der Waals surface area (Å²) in [6.07, 6.45) is 1.38. The summed E-state index contributed by atoms with van der Waals surface area (Å²) in [7, 11) is 0. The fourth-order valence-electron chi connectivity index (χ4n) is 3.75. The number of pyridine rings is 1. The molecule has 4 aromatic rings. The van der Waals surface area contributed by atoms with Crippen LogP contribution in [0, 0.1) is 0 Å². The monoisotopic (exact) mass is 514 g/mol. The topological polar surface area (TPSA) is 115 Å². The first kappa shape index (κ1) is 28.1. The summed E-state index contributed by atoms with van der Waals surface area (Å²) in [5.74, 6) is -0.0991. The second-order valence-corrected chi connectivity index (χ2v) is 8.57. The number of halogens is 1. The van der Waals surface area contributed by atoms with Gasteiger partial charge in [-0.2, -0.15) is 0 Å². The fourth-order valence-corrected chi connectivity index (χ4v) is 3.95. The molecule has 0 aliphatic rings. The number of carbonyl (C=O) groups excluding carboxylic acids is 1.